The minimum atomic E-state index is -0.391. The Balaban J connectivity index is 0.000000331. The molecule has 0 aliphatic heterocycles. The molecule has 0 atom stereocenters. The smallest absolute Gasteiger partial charge is 0.873 e. The van der Waals surface area contributed by atoms with Crippen molar-refractivity contribution in [2.75, 3.05) is 0 Å². The topological polar surface area (TPSA) is 71.4 Å². The average molecular weight is 503 g/mol. The van der Waals surface area contributed by atoms with E-state index in [4.69, 9.17) is 0 Å². The fourth-order valence-corrected chi connectivity index (χ4v) is 3.38. The third-order valence-corrected chi connectivity index (χ3v) is 5.48. The summed E-state index contributed by atoms with van der Waals surface area (Å²) >= 11 is 0. The van der Waals surface area contributed by atoms with Gasteiger partial charge in [0.25, 0.3) is 0 Å². The van der Waals surface area contributed by atoms with Crippen molar-refractivity contribution in [3.63, 3.8) is 0 Å². The zero-order chi connectivity index (χ0) is 25.0. The van der Waals surface area contributed by atoms with Crippen LogP contribution < -0.4 is 10.2 Å². The molecule has 0 amide bonds. The Labute approximate surface area is 215 Å². The first kappa shape index (κ1) is 29.4. The predicted molar refractivity (Wildman–Crippen MR) is 135 cm³/mol. The zero-order valence-electron chi connectivity index (χ0n) is 21.7. The summed E-state index contributed by atoms with van der Waals surface area (Å²) in [4.78, 5) is 8.99. The second-order valence-electron chi connectivity index (χ2n) is 10.5. The fourth-order valence-electron chi connectivity index (χ4n) is 3.38. The van der Waals surface area contributed by atoms with Gasteiger partial charge in [-0.3, -0.25) is 9.98 Å². The number of hydrogen-bond acceptors (Lipinski definition) is 4. The number of benzene rings is 2. The molecule has 0 spiro atoms. The van der Waals surface area contributed by atoms with Crippen LogP contribution in [0.25, 0.3) is 0 Å². The van der Waals surface area contributed by atoms with E-state index in [1.165, 1.54) is 17.2 Å². The van der Waals surface area contributed by atoms with Crippen LogP contribution in [0.15, 0.2) is 59.7 Å². The molecule has 1 heterocycles. The molecule has 0 saturated heterocycles. The van der Waals surface area contributed by atoms with Gasteiger partial charge in [-0.05, 0) is 60.4 Å². The van der Waals surface area contributed by atoms with Crippen molar-refractivity contribution in [1.29, 1.82) is 0 Å². The summed E-state index contributed by atoms with van der Waals surface area (Å²) in [5.41, 5.74) is 6.48. The number of nitrogens with zero attached hydrogens (tertiary/aromatic N) is 2. The summed E-state index contributed by atoms with van der Waals surface area (Å²) < 4.78 is 0. The van der Waals surface area contributed by atoms with Crippen LogP contribution in [0.4, 0.5) is 5.69 Å². The molecule has 5 heteroatoms. The monoisotopic (exact) mass is 502 g/mol. The number of pyridine rings is 1. The van der Waals surface area contributed by atoms with Gasteiger partial charge in [0.15, 0.2) is 0 Å². The van der Waals surface area contributed by atoms with E-state index in [1.807, 2.05) is 72.7 Å². The van der Waals surface area contributed by atoms with Crippen LogP contribution in [0, 0.1) is 13.8 Å². The van der Waals surface area contributed by atoms with Crippen LogP contribution in [0.2, 0.25) is 0 Å². The average Bonchev–Trinajstić information content (AvgIpc) is 2.72. The molecule has 34 heavy (non-hydrogen) atoms. The number of aryl methyl sites for hydroxylation is 2. The largest absolute Gasteiger partial charge is 2.00 e. The van der Waals surface area contributed by atoms with E-state index < -0.39 is 5.75 Å². The Morgan fingerprint density at radius 3 is 1.88 bits per heavy atom. The van der Waals surface area contributed by atoms with Crippen molar-refractivity contribution in [2.45, 2.75) is 73.1 Å². The van der Waals surface area contributed by atoms with Gasteiger partial charge in [-0.1, -0.05) is 83.5 Å². The van der Waals surface area contributed by atoms with Crippen molar-refractivity contribution < 1.29 is 26.7 Å². The fraction of sp³-hybridized carbons (Fsp3) is 0.379. The summed E-state index contributed by atoms with van der Waals surface area (Å²) in [5.74, 6) is -0.752. The molecule has 2 aromatic carbocycles. The minimum Gasteiger partial charge on any atom is -0.873 e. The van der Waals surface area contributed by atoms with Crippen LogP contribution in [0.5, 0.6) is 11.5 Å². The zero-order valence-corrected chi connectivity index (χ0v) is 22.7. The first-order valence-corrected chi connectivity index (χ1v) is 11.3. The molecule has 0 radical (unpaired) electrons. The Morgan fingerprint density at radius 1 is 0.824 bits per heavy atom. The van der Waals surface area contributed by atoms with Crippen LogP contribution in [-0.2, 0) is 27.3 Å². The standard InChI is InChI=1S/C15H16N2.C14H22O2.Ni/c1-11-7-6-8-12(2)15(11)17-13(3)14-9-4-5-10-16-14;1-13(2,3)9-7-10(14(4,5)6)12(16)11(15)8-9;/h4-10H,1-3H3;7-8,15-16H,1-6H3;/q;;+2/p-2. The molecule has 0 N–H and O–H groups in total. The number of aliphatic imine (C=N–C) groups is 1. The van der Waals surface area contributed by atoms with Gasteiger partial charge in [-0.25, -0.2) is 0 Å². The van der Waals surface area contributed by atoms with E-state index in [9.17, 15) is 10.2 Å². The molecule has 0 bridgehead atoms. The van der Waals surface area contributed by atoms with Crippen molar-refractivity contribution in [1.82, 2.24) is 4.98 Å². The normalized spacial score (nSPS) is 11.9. The number of para-hydroxylation sites is 1. The van der Waals surface area contributed by atoms with E-state index in [1.54, 1.807) is 6.20 Å². The number of hydrogen-bond donors (Lipinski definition) is 0. The molecule has 0 aliphatic rings. The molecule has 3 rings (SSSR count). The molecule has 1 aromatic heterocycles. The van der Waals surface area contributed by atoms with Crippen molar-refractivity contribution in [2.24, 2.45) is 4.99 Å². The quantitative estimate of drug-likeness (QED) is 0.306. The Morgan fingerprint density at radius 2 is 1.41 bits per heavy atom. The molecular formula is C29H36N2NiO2. The minimum absolute atomic E-state index is 0. The van der Waals surface area contributed by atoms with Crippen LogP contribution in [0.3, 0.4) is 0 Å². The van der Waals surface area contributed by atoms with E-state index >= 15 is 0 Å². The van der Waals surface area contributed by atoms with Gasteiger partial charge in [-0.2, -0.15) is 0 Å². The van der Waals surface area contributed by atoms with Gasteiger partial charge in [0.1, 0.15) is 0 Å². The number of rotatable bonds is 2. The van der Waals surface area contributed by atoms with Crippen molar-refractivity contribution in [3.05, 3.63) is 82.7 Å². The van der Waals surface area contributed by atoms with Crippen molar-refractivity contribution >= 4 is 11.4 Å². The maximum Gasteiger partial charge on any atom is 2.00 e. The predicted octanol–water partition coefficient (Wildman–Crippen LogP) is 6.27. The summed E-state index contributed by atoms with van der Waals surface area (Å²) in [6, 6.07) is 15.4. The molecular weight excluding hydrogens is 467 g/mol. The van der Waals surface area contributed by atoms with E-state index in [0.717, 1.165) is 22.7 Å². The summed E-state index contributed by atoms with van der Waals surface area (Å²) in [6.45, 7) is 18.1. The van der Waals surface area contributed by atoms with Crippen molar-refractivity contribution in [3.8, 4) is 11.5 Å². The van der Waals surface area contributed by atoms with Crippen LogP contribution >= 0.6 is 0 Å². The first-order valence-electron chi connectivity index (χ1n) is 11.3. The summed E-state index contributed by atoms with van der Waals surface area (Å²) in [7, 11) is 0. The van der Waals surface area contributed by atoms with Crippen LogP contribution in [-0.4, -0.2) is 10.7 Å². The molecule has 0 aliphatic carbocycles. The summed E-state index contributed by atoms with van der Waals surface area (Å²) in [6.07, 6.45) is 1.79. The molecule has 0 fully saturated rings. The Hall–Kier alpha value is -2.65. The van der Waals surface area contributed by atoms with Crippen LogP contribution in [0.1, 0.15) is 76.4 Å². The maximum absolute atomic E-state index is 11.8. The van der Waals surface area contributed by atoms with Gasteiger partial charge in [-0.15, -0.1) is 11.5 Å². The van der Waals surface area contributed by atoms with Gasteiger partial charge < -0.3 is 10.2 Å². The van der Waals surface area contributed by atoms with E-state index in [0.29, 0.717) is 5.56 Å². The van der Waals surface area contributed by atoms with Gasteiger partial charge in [0.2, 0.25) is 0 Å². The van der Waals surface area contributed by atoms with Gasteiger partial charge in [0, 0.05) is 6.20 Å². The summed E-state index contributed by atoms with van der Waals surface area (Å²) in [5, 5.41) is 23.4. The second-order valence-corrected chi connectivity index (χ2v) is 10.5. The first-order chi connectivity index (χ1) is 15.2. The van der Waals surface area contributed by atoms with Gasteiger partial charge >= 0.3 is 16.5 Å². The second kappa shape index (κ2) is 11.7. The molecule has 3 aromatic rings. The van der Waals surface area contributed by atoms with Gasteiger partial charge in [0.05, 0.1) is 17.1 Å². The Kier molecular flexibility index (Phi) is 10.1. The SMILES string of the molecule is CC(=Nc1c(C)cccc1C)c1ccccn1.CC(C)(C)c1cc([O-])c([O-])c(C(C)(C)C)c1.[Ni+2]. The number of aromatic nitrogens is 1. The Bertz CT molecular complexity index is 1110. The molecule has 0 saturated carbocycles. The third kappa shape index (κ3) is 7.70. The third-order valence-electron chi connectivity index (χ3n) is 5.48. The molecule has 4 nitrogen and oxygen atoms in total. The van der Waals surface area contributed by atoms with E-state index in [-0.39, 0.29) is 33.1 Å². The molecule has 0 unspecified atom stereocenters. The van der Waals surface area contributed by atoms with E-state index in [2.05, 4.69) is 42.0 Å². The molecule has 184 valence electrons. The maximum atomic E-state index is 11.8.